The third-order valence-electron chi connectivity index (χ3n) is 2.07. The van der Waals surface area contributed by atoms with Crippen LogP contribution in [0.1, 0.15) is 5.69 Å². The molecule has 0 spiro atoms. The maximum absolute atomic E-state index is 5.12. The molecule has 0 amide bonds. The van der Waals surface area contributed by atoms with Gasteiger partial charge in [-0.1, -0.05) is 5.16 Å². The van der Waals surface area contributed by atoms with Crippen molar-refractivity contribution in [2.45, 2.75) is 6.92 Å². The van der Waals surface area contributed by atoms with Gasteiger partial charge in [0.1, 0.15) is 11.9 Å². The zero-order valence-corrected chi connectivity index (χ0v) is 8.01. The summed E-state index contributed by atoms with van der Waals surface area (Å²) in [4.78, 5) is 4.06. The van der Waals surface area contributed by atoms with Gasteiger partial charge in [-0.25, -0.2) is 9.50 Å². The normalized spacial score (nSPS) is 11.0. The number of aromatic nitrogens is 4. The highest BCUT2D eigenvalue weighted by atomic mass is 16.5. The van der Waals surface area contributed by atoms with Gasteiger partial charge in [0.15, 0.2) is 11.4 Å². The summed E-state index contributed by atoms with van der Waals surface area (Å²) in [6.45, 7) is 1.87. The Morgan fingerprint density at radius 2 is 2.33 bits per heavy atom. The minimum atomic E-state index is 0.650. The largest absolute Gasteiger partial charge is 0.354 e. The monoisotopic (exact) mass is 199 g/mol. The van der Waals surface area contributed by atoms with Crippen molar-refractivity contribution in [1.29, 1.82) is 0 Å². The van der Waals surface area contributed by atoms with Gasteiger partial charge in [-0.15, -0.1) is 0 Å². The number of hydrogen-bond acceptors (Lipinski definition) is 4. The first-order chi connectivity index (χ1) is 7.33. The van der Waals surface area contributed by atoms with E-state index in [1.165, 1.54) is 0 Å². The van der Waals surface area contributed by atoms with Crippen molar-refractivity contribution < 1.29 is 4.52 Å². The Morgan fingerprint density at radius 1 is 1.40 bits per heavy atom. The van der Waals surface area contributed by atoms with Gasteiger partial charge in [0.25, 0.3) is 0 Å². The predicted octanol–water partition coefficient (Wildman–Crippen LogP) is 1.49. The van der Waals surface area contributed by atoms with Crippen molar-refractivity contribution in [3.8, 4) is 11.5 Å². The molecule has 5 nitrogen and oxygen atoms in total. The van der Waals surface area contributed by atoms with E-state index in [9.17, 15) is 0 Å². The Bertz CT molecular complexity index is 610. The molecule has 0 saturated carbocycles. The molecule has 0 aliphatic carbocycles. The van der Waals surface area contributed by atoms with Crippen LogP contribution in [0.5, 0.6) is 0 Å². The molecular weight excluding hydrogens is 192 g/mol. The molecule has 0 saturated heterocycles. The summed E-state index contributed by atoms with van der Waals surface area (Å²) in [5, 5.41) is 8.09. The molecular formula is C10H7N4O. The van der Waals surface area contributed by atoms with Crippen LogP contribution in [0.15, 0.2) is 28.9 Å². The minimum Gasteiger partial charge on any atom is -0.354 e. The molecule has 0 aliphatic heterocycles. The van der Waals surface area contributed by atoms with Crippen molar-refractivity contribution >= 4 is 5.65 Å². The summed E-state index contributed by atoms with van der Waals surface area (Å²) < 4.78 is 6.69. The van der Waals surface area contributed by atoms with Gasteiger partial charge in [-0.05, 0) is 19.1 Å². The van der Waals surface area contributed by atoms with E-state index >= 15 is 0 Å². The van der Waals surface area contributed by atoms with Gasteiger partial charge in [-0.2, -0.15) is 5.10 Å². The number of aryl methyl sites for hydroxylation is 1. The molecule has 73 valence electrons. The highest BCUT2D eigenvalue weighted by Gasteiger charge is 2.06. The second kappa shape index (κ2) is 2.91. The van der Waals surface area contributed by atoms with Gasteiger partial charge < -0.3 is 4.52 Å². The maximum atomic E-state index is 5.12. The summed E-state index contributed by atoms with van der Waals surface area (Å²) in [5.41, 5.74) is 2.31. The van der Waals surface area contributed by atoms with Crippen LogP contribution in [-0.4, -0.2) is 19.8 Å². The Labute approximate surface area is 85.3 Å². The second-order valence-corrected chi connectivity index (χ2v) is 3.21. The van der Waals surface area contributed by atoms with Crippen LogP contribution in [0.2, 0.25) is 0 Å². The van der Waals surface area contributed by atoms with Gasteiger partial charge in [0.2, 0.25) is 0 Å². The van der Waals surface area contributed by atoms with Crippen molar-refractivity contribution in [3.05, 3.63) is 36.3 Å². The molecule has 5 heteroatoms. The fourth-order valence-electron chi connectivity index (χ4n) is 1.37. The van der Waals surface area contributed by atoms with Crippen LogP contribution < -0.4 is 0 Å². The highest BCUT2D eigenvalue weighted by Crippen LogP contribution is 2.17. The third-order valence-corrected chi connectivity index (χ3v) is 2.07. The lowest BCUT2D eigenvalue weighted by molar-refractivity contribution is 0.425. The summed E-state index contributed by atoms with van der Waals surface area (Å²) in [5.74, 6) is 0.650. The lowest BCUT2D eigenvalue weighted by Crippen LogP contribution is -1.92. The summed E-state index contributed by atoms with van der Waals surface area (Å²) in [6.07, 6.45) is 4.45. The molecule has 0 unspecified atom stereocenters. The second-order valence-electron chi connectivity index (χ2n) is 3.21. The van der Waals surface area contributed by atoms with E-state index < -0.39 is 0 Å². The SMILES string of the molecule is Cc1cc(-c2ccc3nc[c]n3n2)on1. The maximum Gasteiger partial charge on any atom is 0.187 e. The average Bonchev–Trinajstić information content (AvgIpc) is 2.84. The van der Waals surface area contributed by atoms with Crippen LogP contribution in [0.25, 0.3) is 17.1 Å². The standard InChI is InChI=1S/C10H7N4O/c1-7-6-9(15-13-7)8-2-3-10-11-4-5-14(10)12-8/h2-4,6H,1H3. The molecule has 0 atom stereocenters. The molecule has 1 radical (unpaired) electrons. The summed E-state index contributed by atoms with van der Waals surface area (Å²) in [7, 11) is 0. The topological polar surface area (TPSA) is 56.2 Å². The predicted molar refractivity (Wildman–Crippen MR) is 52.1 cm³/mol. The highest BCUT2D eigenvalue weighted by molar-refractivity contribution is 5.53. The lowest BCUT2D eigenvalue weighted by Gasteiger charge is -1.95. The molecule has 0 aromatic carbocycles. The Hall–Kier alpha value is -2.17. The summed E-state index contributed by atoms with van der Waals surface area (Å²) >= 11 is 0. The van der Waals surface area contributed by atoms with Crippen molar-refractivity contribution in [2.24, 2.45) is 0 Å². The number of hydrogen-bond donors (Lipinski definition) is 0. The quantitative estimate of drug-likeness (QED) is 0.595. The zero-order valence-electron chi connectivity index (χ0n) is 8.01. The number of nitrogens with zero attached hydrogens (tertiary/aromatic N) is 4. The fourth-order valence-corrected chi connectivity index (χ4v) is 1.37. The van der Waals surface area contributed by atoms with Gasteiger partial charge >= 0.3 is 0 Å². The first-order valence-corrected chi connectivity index (χ1v) is 4.49. The van der Waals surface area contributed by atoms with E-state index in [-0.39, 0.29) is 0 Å². The van der Waals surface area contributed by atoms with Gasteiger partial charge in [0, 0.05) is 6.07 Å². The van der Waals surface area contributed by atoms with E-state index in [1.54, 1.807) is 10.7 Å². The Balaban J connectivity index is 2.18. The molecule has 3 aromatic rings. The molecule has 3 rings (SSSR count). The minimum absolute atomic E-state index is 0.650. The average molecular weight is 199 g/mol. The first-order valence-electron chi connectivity index (χ1n) is 4.49. The van der Waals surface area contributed by atoms with E-state index in [0.29, 0.717) is 5.76 Å². The molecule has 0 bridgehead atoms. The van der Waals surface area contributed by atoms with E-state index in [2.05, 4.69) is 21.4 Å². The van der Waals surface area contributed by atoms with Crippen molar-refractivity contribution in [3.63, 3.8) is 0 Å². The van der Waals surface area contributed by atoms with Crippen molar-refractivity contribution in [1.82, 2.24) is 19.8 Å². The van der Waals surface area contributed by atoms with Crippen LogP contribution >= 0.6 is 0 Å². The number of fused-ring (bicyclic) bond motifs is 1. The molecule has 0 N–H and O–H groups in total. The van der Waals surface area contributed by atoms with Crippen molar-refractivity contribution in [2.75, 3.05) is 0 Å². The number of imidazole rings is 1. The van der Waals surface area contributed by atoms with Crippen LogP contribution in [0.3, 0.4) is 0 Å². The van der Waals surface area contributed by atoms with Gasteiger partial charge in [-0.3, -0.25) is 0 Å². The van der Waals surface area contributed by atoms with E-state index in [1.807, 2.05) is 25.1 Å². The Kier molecular flexibility index (Phi) is 1.58. The molecule has 0 aliphatic rings. The van der Waals surface area contributed by atoms with E-state index in [4.69, 9.17) is 4.52 Å². The Morgan fingerprint density at radius 3 is 3.13 bits per heavy atom. The van der Waals surface area contributed by atoms with E-state index in [0.717, 1.165) is 17.0 Å². The molecule has 3 aromatic heterocycles. The molecule has 0 fully saturated rings. The lowest BCUT2D eigenvalue weighted by atomic mass is 10.3. The number of rotatable bonds is 1. The molecule has 3 heterocycles. The summed E-state index contributed by atoms with van der Waals surface area (Å²) in [6, 6.07) is 5.54. The third kappa shape index (κ3) is 1.28. The van der Waals surface area contributed by atoms with Gasteiger partial charge in [0.05, 0.1) is 11.9 Å². The van der Waals surface area contributed by atoms with Crippen LogP contribution in [-0.2, 0) is 0 Å². The smallest absolute Gasteiger partial charge is 0.187 e. The van der Waals surface area contributed by atoms with Crippen LogP contribution in [0, 0.1) is 13.1 Å². The molecule has 15 heavy (non-hydrogen) atoms. The fraction of sp³-hybridized carbons (Fsp3) is 0.100. The first kappa shape index (κ1) is 8.16. The van der Waals surface area contributed by atoms with Crippen LogP contribution in [0.4, 0.5) is 0 Å². The zero-order chi connectivity index (χ0) is 10.3.